The van der Waals surface area contributed by atoms with E-state index in [-0.39, 0.29) is 17.3 Å². The third-order valence-electron chi connectivity index (χ3n) is 6.44. The van der Waals surface area contributed by atoms with E-state index in [0.717, 1.165) is 24.7 Å². The standard InChI is InChI=1S/C19H34O2/c1-14(16-9-6-5-7-10-16)15(2)19(3,4)13-21-18(20)17-11-8-12-17/h14-17H,5-13H2,1-4H3/t14-,15-/m0/s1. The van der Waals surface area contributed by atoms with Crippen molar-refractivity contribution in [1.82, 2.24) is 0 Å². The van der Waals surface area contributed by atoms with Gasteiger partial charge in [0, 0.05) is 5.41 Å². The van der Waals surface area contributed by atoms with Crippen molar-refractivity contribution in [2.45, 2.75) is 79.1 Å². The fraction of sp³-hybridized carbons (Fsp3) is 0.947. The van der Waals surface area contributed by atoms with Gasteiger partial charge in [0.05, 0.1) is 12.5 Å². The van der Waals surface area contributed by atoms with Crippen LogP contribution in [0.1, 0.15) is 79.1 Å². The van der Waals surface area contributed by atoms with Gasteiger partial charge in [-0.2, -0.15) is 0 Å². The van der Waals surface area contributed by atoms with Crippen LogP contribution in [-0.4, -0.2) is 12.6 Å². The summed E-state index contributed by atoms with van der Waals surface area (Å²) in [5, 5.41) is 0. The Morgan fingerprint density at radius 3 is 2.19 bits per heavy atom. The first kappa shape index (κ1) is 16.8. The molecule has 0 aromatic rings. The highest BCUT2D eigenvalue weighted by molar-refractivity contribution is 5.73. The first-order valence-corrected chi connectivity index (χ1v) is 9.08. The number of ether oxygens (including phenoxy) is 1. The van der Waals surface area contributed by atoms with Crippen molar-refractivity contribution < 1.29 is 9.53 Å². The molecule has 0 bridgehead atoms. The molecule has 0 spiro atoms. The highest BCUT2D eigenvalue weighted by atomic mass is 16.5. The molecular formula is C19H34O2. The first-order valence-electron chi connectivity index (χ1n) is 9.08. The minimum atomic E-state index is 0.0480. The molecule has 0 heterocycles. The van der Waals surface area contributed by atoms with Crippen LogP contribution < -0.4 is 0 Å². The van der Waals surface area contributed by atoms with Crippen LogP contribution in [0.2, 0.25) is 0 Å². The third kappa shape index (κ3) is 4.23. The van der Waals surface area contributed by atoms with E-state index in [0.29, 0.717) is 12.5 Å². The number of esters is 1. The molecule has 0 aromatic heterocycles. The average Bonchev–Trinajstić information content (AvgIpc) is 2.43. The maximum absolute atomic E-state index is 11.9. The summed E-state index contributed by atoms with van der Waals surface area (Å²) in [6.45, 7) is 9.89. The zero-order chi connectivity index (χ0) is 15.5. The average molecular weight is 294 g/mol. The molecule has 2 fully saturated rings. The molecule has 2 heteroatoms. The van der Waals surface area contributed by atoms with Gasteiger partial charge in [-0.1, -0.05) is 66.2 Å². The van der Waals surface area contributed by atoms with E-state index in [1.807, 2.05) is 0 Å². The van der Waals surface area contributed by atoms with Gasteiger partial charge in [-0.25, -0.2) is 0 Å². The number of hydrogen-bond donors (Lipinski definition) is 0. The Hall–Kier alpha value is -0.530. The van der Waals surface area contributed by atoms with Crippen molar-refractivity contribution in [3.63, 3.8) is 0 Å². The Labute approximate surface area is 131 Å². The van der Waals surface area contributed by atoms with Crippen LogP contribution in [0.3, 0.4) is 0 Å². The molecule has 2 aliphatic carbocycles. The summed E-state index contributed by atoms with van der Waals surface area (Å²) < 4.78 is 5.63. The Balaban J connectivity index is 1.82. The van der Waals surface area contributed by atoms with Crippen LogP contribution in [0.15, 0.2) is 0 Å². The Kier molecular flexibility index (Phi) is 5.73. The molecule has 2 nitrogen and oxygen atoms in total. The van der Waals surface area contributed by atoms with Crippen molar-refractivity contribution in [3.8, 4) is 0 Å². The van der Waals surface area contributed by atoms with Gasteiger partial charge in [0.25, 0.3) is 0 Å². The van der Waals surface area contributed by atoms with E-state index < -0.39 is 0 Å². The lowest BCUT2D eigenvalue weighted by atomic mass is 9.67. The Morgan fingerprint density at radius 1 is 1.05 bits per heavy atom. The lowest BCUT2D eigenvalue weighted by molar-refractivity contribution is -0.156. The van der Waals surface area contributed by atoms with Gasteiger partial charge in [0.1, 0.15) is 0 Å². The molecule has 2 saturated carbocycles. The second-order valence-electron chi connectivity index (χ2n) is 8.27. The minimum Gasteiger partial charge on any atom is -0.465 e. The quantitative estimate of drug-likeness (QED) is 0.629. The van der Waals surface area contributed by atoms with Crippen LogP contribution in [0.25, 0.3) is 0 Å². The van der Waals surface area contributed by atoms with E-state index >= 15 is 0 Å². The summed E-state index contributed by atoms with van der Waals surface area (Å²) in [6, 6.07) is 0. The van der Waals surface area contributed by atoms with Crippen LogP contribution in [0.4, 0.5) is 0 Å². The van der Waals surface area contributed by atoms with Crippen molar-refractivity contribution in [3.05, 3.63) is 0 Å². The lowest BCUT2D eigenvalue weighted by Gasteiger charge is -2.40. The van der Waals surface area contributed by atoms with Crippen LogP contribution in [0.5, 0.6) is 0 Å². The molecular weight excluding hydrogens is 260 g/mol. The van der Waals surface area contributed by atoms with E-state index in [1.54, 1.807) is 0 Å². The summed E-state index contributed by atoms with van der Waals surface area (Å²) in [5.41, 5.74) is 0.0796. The van der Waals surface area contributed by atoms with E-state index in [9.17, 15) is 4.79 Å². The second-order valence-corrected chi connectivity index (χ2v) is 8.27. The molecule has 0 saturated heterocycles. The summed E-state index contributed by atoms with van der Waals surface area (Å²) >= 11 is 0. The maximum Gasteiger partial charge on any atom is 0.308 e. The SMILES string of the molecule is C[C@H](C1CCCCC1)[C@H](C)C(C)(C)COC(=O)C1CCC1. The topological polar surface area (TPSA) is 26.3 Å². The van der Waals surface area contributed by atoms with Crippen molar-refractivity contribution in [2.75, 3.05) is 6.61 Å². The third-order valence-corrected chi connectivity index (χ3v) is 6.44. The van der Waals surface area contributed by atoms with Gasteiger partial charge in [0.2, 0.25) is 0 Å². The van der Waals surface area contributed by atoms with Gasteiger partial charge in [-0.05, 0) is 30.6 Å². The summed E-state index contributed by atoms with van der Waals surface area (Å²) in [4.78, 5) is 11.9. The van der Waals surface area contributed by atoms with Gasteiger partial charge in [-0.3, -0.25) is 4.79 Å². The normalized spacial score (nSPS) is 24.2. The molecule has 2 atom stereocenters. The first-order chi connectivity index (χ1) is 9.92. The summed E-state index contributed by atoms with van der Waals surface area (Å²) in [7, 11) is 0. The van der Waals surface area contributed by atoms with Gasteiger partial charge in [-0.15, -0.1) is 0 Å². The van der Waals surface area contributed by atoms with Crippen molar-refractivity contribution in [1.29, 1.82) is 0 Å². The fourth-order valence-electron chi connectivity index (χ4n) is 3.93. The molecule has 2 rings (SSSR count). The van der Waals surface area contributed by atoms with E-state index in [4.69, 9.17) is 4.74 Å². The second kappa shape index (κ2) is 7.15. The zero-order valence-corrected chi connectivity index (χ0v) is 14.5. The van der Waals surface area contributed by atoms with Crippen molar-refractivity contribution >= 4 is 5.97 Å². The van der Waals surface area contributed by atoms with Crippen LogP contribution >= 0.6 is 0 Å². The molecule has 0 unspecified atom stereocenters. The predicted octanol–water partition coefficient (Wildman–Crippen LogP) is 5.21. The van der Waals surface area contributed by atoms with E-state index in [1.165, 1.54) is 38.5 Å². The molecule has 122 valence electrons. The highest BCUT2D eigenvalue weighted by Crippen LogP contribution is 2.41. The van der Waals surface area contributed by atoms with Crippen molar-refractivity contribution in [2.24, 2.45) is 29.1 Å². The minimum absolute atomic E-state index is 0.0480. The van der Waals surface area contributed by atoms with Crippen LogP contribution in [-0.2, 0) is 9.53 Å². The van der Waals surface area contributed by atoms with Gasteiger partial charge < -0.3 is 4.74 Å². The smallest absolute Gasteiger partial charge is 0.308 e. The fourth-order valence-corrected chi connectivity index (χ4v) is 3.93. The predicted molar refractivity (Wildman–Crippen MR) is 87.0 cm³/mol. The monoisotopic (exact) mass is 294 g/mol. The number of rotatable bonds is 6. The van der Waals surface area contributed by atoms with Crippen LogP contribution in [0, 0.1) is 29.1 Å². The lowest BCUT2D eigenvalue weighted by Crippen LogP contribution is -2.37. The molecule has 2 aliphatic rings. The van der Waals surface area contributed by atoms with Gasteiger partial charge >= 0.3 is 5.97 Å². The maximum atomic E-state index is 11.9. The molecule has 0 aliphatic heterocycles. The molecule has 0 aromatic carbocycles. The van der Waals surface area contributed by atoms with E-state index in [2.05, 4.69) is 27.7 Å². The molecule has 0 radical (unpaired) electrons. The number of carbonyl (C=O) groups is 1. The highest BCUT2D eigenvalue weighted by Gasteiger charge is 2.36. The molecule has 21 heavy (non-hydrogen) atoms. The molecule has 0 N–H and O–H groups in total. The Morgan fingerprint density at radius 2 is 1.67 bits per heavy atom. The Bertz CT molecular complexity index is 337. The zero-order valence-electron chi connectivity index (χ0n) is 14.5. The largest absolute Gasteiger partial charge is 0.465 e. The number of carbonyl (C=O) groups excluding carboxylic acids is 1. The molecule has 0 amide bonds. The summed E-state index contributed by atoms with van der Waals surface area (Å²) in [6.07, 6.45) is 10.3. The van der Waals surface area contributed by atoms with Gasteiger partial charge in [0.15, 0.2) is 0 Å². The summed E-state index contributed by atoms with van der Waals surface area (Å²) in [5.74, 6) is 2.44. The number of hydrogen-bond acceptors (Lipinski definition) is 2.